The van der Waals surface area contributed by atoms with Gasteiger partial charge in [0.05, 0.1) is 51.1 Å². The largest absolute Gasteiger partial charge is 0.497 e. The summed E-state index contributed by atoms with van der Waals surface area (Å²) in [5.74, 6) is 2.94. The molecule has 32 heavy (non-hydrogen) atoms. The van der Waals surface area contributed by atoms with Crippen LogP contribution in [0.3, 0.4) is 0 Å². The van der Waals surface area contributed by atoms with Crippen LogP contribution in [0.15, 0.2) is 36.4 Å². The van der Waals surface area contributed by atoms with Gasteiger partial charge in [0.1, 0.15) is 23.1 Å². The highest BCUT2D eigenvalue weighted by Gasteiger charge is 2.20. The van der Waals surface area contributed by atoms with Gasteiger partial charge in [0, 0.05) is 38.3 Å². The van der Waals surface area contributed by atoms with E-state index in [1.54, 1.807) is 39.5 Å². The van der Waals surface area contributed by atoms with Crippen molar-refractivity contribution >= 4 is 22.6 Å². The molecular formula is C23H29N5O4. The number of aromatic nitrogens is 2. The molecule has 0 unspecified atom stereocenters. The molecule has 1 aliphatic rings. The SMILES string of the molecule is COc1ccc(OC)c(NC(=O)CN2CCN(Cc3nc4ccc(OC)cc4[nH]3)CC2)c1. The number of imidazole rings is 1. The first-order valence-corrected chi connectivity index (χ1v) is 10.6. The molecule has 1 aromatic heterocycles. The third-order valence-corrected chi connectivity index (χ3v) is 5.62. The van der Waals surface area contributed by atoms with Crippen LogP contribution in [0.25, 0.3) is 11.0 Å². The number of rotatable bonds is 8. The van der Waals surface area contributed by atoms with Crippen molar-refractivity contribution in [1.82, 2.24) is 19.8 Å². The third kappa shape index (κ3) is 5.12. The number of amides is 1. The Morgan fingerprint density at radius 1 is 0.969 bits per heavy atom. The third-order valence-electron chi connectivity index (χ3n) is 5.62. The minimum Gasteiger partial charge on any atom is -0.497 e. The molecule has 0 bridgehead atoms. The first-order chi connectivity index (χ1) is 15.6. The lowest BCUT2D eigenvalue weighted by molar-refractivity contribution is -0.117. The Labute approximate surface area is 187 Å². The van der Waals surface area contributed by atoms with E-state index in [-0.39, 0.29) is 5.91 Å². The van der Waals surface area contributed by atoms with E-state index in [4.69, 9.17) is 14.2 Å². The lowest BCUT2D eigenvalue weighted by atomic mass is 10.2. The van der Waals surface area contributed by atoms with E-state index < -0.39 is 0 Å². The summed E-state index contributed by atoms with van der Waals surface area (Å²) in [5.41, 5.74) is 2.52. The Hall–Kier alpha value is -3.30. The summed E-state index contributed by atoms with van der Waals surface area (Å²) >= 11 is 0. The van der Waals surface area contributed by atoms with E-state index in [1.807, 2.05) is 18.2 Å². The number of benzene rings is 2. The summed E-state index contributed by atoms with van der Waals surface area (Å²) in [5, 5.41) is 2.93. The first kappa shape index (κ1) is 21.9. The number of carbonyl (C=O) groups is 1. The molecule has 2 aromatic carbocycles. The number of nitrogens with zero attached hydrogens (tertiary/aromatic N) is 3. The smallest absolute Gasteiger partial charge is 0.238 e. The van der Waals surface area contributed by atoms with Crippen molar-refractivity contribution in [3.8, 4) is 17.2 Å². The van der Waals surface area contributed by atoms with Gasteiger partial charge >= 0.3 is 0 Å². The molecule has 0 radical (unpaired) electrons. The first-order valence-electron chi connectivity index (χ1n) is 10.6. The average Bonchev–Trinajstić information content (AvgIpc) is 3.21. The second kappa shape index (κ2) is 9.88. The molecule has 170 valence electrons. The van der Waals surface area contributed by atoms with Gasteiger partial charge in [-0.25, -0.2) is 4.98 Å². The minimum absolute atomic E-state index is 0.0729. The number of fused-ring (bicyclic) bond motifs is 1. The van der Waals surface area contributed by atoms with Crippen molar-refractivity contribution in [2.24, 2.45) is 0 Å². The number of H-pyrrole nitrogens is 1. The number of ether oxygens (including phenoxy) is 3. The average molecular weight is 440 g/mol. The lowest BCUT2D eigenvalue weighted by Crippen LogP contribution is -2.48. The van der Waals surface area contributed by atoms with Crippen LogP contribution in [-0.2, 0) is 11.3 Å². The van der Waals surface area contributed by atoms with Gasteiger partial charge in [0.15, 0.2) is 0 Å². The van der Waals surface area contributed by atoms with E-state index >= 15 is 0 Å². The zero-order valence-electron chi connectivity index (χ0n) is 18.7. The maximum Gasteiger partial charge on any atom is 0.238 e. The molecule has 0 saturated carbocycles. The van der Waals surface area contributed by atoms with Gasteiger partial charge < -0.3 is 24.5 Å². The van der Waals surface area contributed by atoms with Crippen LogP contribution in [0.5, 0.6) is 17.2 Å². The molecule has 9 nitrogen and oxygen atoms in total. The molecule has 1 aliphatic heterocycles. The molecule has 0 aliphatic carbocycles. The number of hydrogen-bond donors (Lipinski definition) is 2. The second-order valence-corrected chi connectivity index (χ2v) is 7.73. The Bertz CT molecular complexity index is 1080. The van der Waals surface area contributed by atoms with Gasteiger partial charge in [-0.05, 0) is 24.3 Å². The van der Waals surface area contributed by atoms with Crippen molar-refractivity contribution in [1.29, 1.82) is 0 Å². The van der Waals surface area contributed by atoms with E-state index in [1.165, 1.54) is 0 Å². The highest BCUT2D eigenvalue weighted by atomic mass is 16.5. The summed E-state index contributed by atoms with van der Waals surface area (Å²) < 4.78 is 15.9. The fourth-order valence-corrected chi connectivity index (χ4v) is 3.87. The molecule has 0 spiro atoms. The Kier molecular flexibility index (Phi) is 6.77. The highest BCUT2D eigenvalue weighted by molar-refractivity contribution is 5.94. The number of anilines is 1. The Morgan fingerprint density at radius 2 is 1.66 bits per heavy atom. The Balaban J connectivity index is 1.28. The molecule has 2 N–H and O–H groups in total. The van der Waals surface area contributed by atoms with Crippen LogP contribution < -0.4 is 19.5 Å². The molecule has 1 saturated heterocycles. The number of aromatic amines is 1. The van der Waals surface area contributed by atoms with Crippen LogP contribution in [0.4, 0.5) is 5.69 Å². The predicted molar refractivity (Wildman–Crippen MR) is 123 cm³/mol. The predicted octanol–water partition coefficient (Wildman–Crippen LogP) is 2.34. The number of methoxy groups -OCH3 is 3. The fourth-order valence-electron chi connectivity index (χ4n) is 3.87. The summed E-state index contributed by atoms with van der Waals surface area (Å²) in [6.45, 7) is 4.45. The molecule has 9 heteroatoms. The highest BCUT2D eigenvalue weighted by Crippen LogP contribution is 2.28. The van der Waals surface area contributed by atoms with Crippen LogP contribution in [0, 0.1) is 0 Å². The molecule has 1 fully saturated rings. The zero-order valence-corrected chi connectivity index (χ0v) is 18.7. The van der Waals surface area contributed by atoms with Crippen LogP contribution in [-0.4, -0.2) is 79.7 Å². The van der Waals surface area contributed by atoms with E-state index in [2.05, 4.69) is 25.1 Å². The summed E-state index contributed by atoms with van der Waals surface area (Å²) in [6, 6.07) is 11.2. The number of nitrogens with one attached hydrogen (secondary N) is 2. The maximum absolute atomic E-state index is 12.6. The molecular weight excluding hydrogens is 410 g/mol. The maximum atomic E-state index is 12.6. The quantitative estimate of drug-likeness (QED) is 0.557. The van der Waals surface area contributed by atoms with Gasteiger partial charge in [-0.1, -0.05) is 0 Å². The normalized spacial score (nSPS) is 15.0. The Morgan fingerprint density at radius 3 is 2.38 bits per heavy atom. The van der Waals surface area contributed by atoms with Crippen molar-refractivity contribution < 1.29 is 19.0 Å². The molecule has 3 aromatic rings. The molecule has 1 amide bonds. The van der Waals surface area contributed by atoms with Gasteiger partial charge in [-0.15, -0.1) is 0 Å². The minimum atomic E-state index is -0.0729. The van der Waals surface area contributed by atoms with Crippen LogP contribution in [0.2, 0.25) is 0 Å². The standard InChI is InChI=1S/C23H29N5O4/c1-30-16-4-6-18-19(12-16)25-22(24-18)14-27-8-10-28(11-9-27)15-23(29)26-20-13-17(31-2)5-7-21(20)32-3/h4-7,12-13H,8-11,14-15H2,1-3H3,(H,24,25)(H,26,29). The van der Waals surface area contributed by atoms with Gasteiger partial charge in [0.25, 0.3) is 0 Å². The summed E-state index contributed by atoms with van der Waals surface area (Å²) in [7, 11) is 4.83. The lowest BCUT2D eigenvalue weighted by Gasteiger charge is -2.33. The topological polar surface area (TPSA) is 92.0 Å². The van der Waals surface area contributed by atoms with Crippen LogP contribution in [0.1, 0.15) is 5.82 Å². The van der Waals surface area contributed by atoms with Crippen molar-refractivity contribution in [2.45, 2.75) is 6.54 Å². The molecule has 0 atom stereocenters. The zero-order chi connectivity index (χ0) is 22.5. The van der Waals surface area contributed by atoms with Crippen LogP contribution >= 0.6 is 0 Å². The molecule has 4 rings (SSSR count). The van der Waals surface area contributed by atoms with Gasteiger partial charge in [-0.3, -0.25) is 14.6 Å². The van der Waals surface area contributed by atoms with E-state index in [0.717, 1.165) is 55.3 Å². The number of hydrogen-bond acceptors (Lipinski definition) is 7. The molecule has 2 heterocycles. The van der Waals surface area contributed by atoms with Crippen molar-refractivity contribution in [3.05, 3.63) is 42.2 Å². The van der Waals surface area contributed by atoms with E-state index in [9.17, 15) is 4.79 Å². The summed E-state index contributed by atoms with van der Waals surface area (Å²) in [4.78, 5) is 25.1. The second-order valence-electron chi connectivity index (χ2n) is 7.73. The van der Waals surface area contributed by atoms with Gasteiger partial charge in [-0.2, -0.15) is 0 Å². The van der Waals surface area contributed by atoms with E-state index in [0.29, 0.717) is 23.7 Å². The fraction of sp³-hybridized carbons (Fsp3) is 0.391. The monoisotopic (exact) mass is 439 g/mol. The number of carbonyl (C=O) groups excluding carboxylic acids is 1. The summed E-state index contributed by atoms with van der Waals surface area (Å²) in [6.07, 6.45) is 0. The number of piperazine rings is 1. The van der Waals surface area contributed by atoms with Gasteiger partial charge in [0.2, 0.25) is 5.91 Å². The van der Waals surface area contributed by atoms with Crippen molar-refractivity contribution in [2.75, 3.05) is 59.4 Å². The van der Waals surface area contributed by atoms with Crippen molar-refractivity contribution in [3.63, 3.8) is 0 Å².